The van der Waals surface area contributed by atoms with Crippen LogP contribution in [-0.2, 0) is 0 Å². The fraction of sp³-hybridized carbons (Fsp3) is 0.591. The van der Waals surface area contributed by atoms with Gasteiger partial charge in [0.25, 0.3) is 5.92 Å². The van der Waals surface area contributed by atoms with Gasteiger partial charge >= 0.3 is 5.97 Å². The Morgan fingerprint density at radius 3 is 2.43 bits per heavy atom. The first-order chi connectivity index (χ1) is 13.3. The van der Waals surface area contributed by atoms with Crippen LogP contribution in [0.4, 0.5) is 8.78 Å². The van der Waals surface area contributed by atoms with Crippen molar-refractivity contribution < 1.29 is 18.7 Å². The fourth-order valence-corrected chi connectivity index (χ4v) is 5.28. The van der Waals surface area contributed by atoms with E-state index in [1.165, 1.54) is 0 Å². The van der Waals surface area contributed by atoms with Gasteiger partial charge in [0, 0.05) is 47.6 Å². The third-order valence-electron chi connectivity index (χ3n) is 6.79. The molecule has 0 amide bonds. The normalized spacial score (nSPS) is 26.1. The molecule has 0 saturated heterocycles. The number of carboxylic acid groups (broad SMARTS) is 1. The van der Waals surface area contributed by atoms with Crippen LogP contribution < -0.4 is 5.32 Å². The smallest absolute Gasteiger partial charge is 0.338 e. The van der Waals surface area contributed by atoms with Gasteiger partial charge in [-0.1, -0.05) is 18.2 Å². The summed E-state index contributed by atoms with van der Waals surface area (Å²) in [4.78, 5) is 11.8. The first-order valence-corrected chi connectivity index (χ1v) is 10.2. The minimum atomic E-state index is -2.47. The van der Waals surface area contributed by atoms with E-state index in [9.17, 15) is 18.7 Å². The van der Waals surface area contributed by atoms with Gasteiger partial charge in [0.1, 0.15) is 0 Å². The lowest BCUT2D eigenvalue weighted by Gasteiger charge is -2.41. The maximum Gasteiger partial charge on any atom is 0.338 e. The Bertz CT molecular complexity index is 876. The monoisotopic (exact) mass is 390 g/mol. The van der Waals surface area contributed by atoms with E-state index in [1.54, 1.807) is 0 Å². The van der Waals surface area contributed by atoms with Crippen LogP contribution in [0.25, 0.3) is 10.9 Å². The highest BCUT2D eigenvalue weighted by Gasteiger charge is 2.46. The van der Waals surface area contributed by atoms with Gasteiger partial charge in [0.05, 0.1) is 5.56 Å². The molecule has 1 unspecified atom stereocenters. The number of alkyl halides is 2. The van der Waals surface area contributed by atoms with E-state index in [4.69, 9.17) is 0 Å². The van der Waals surface area contributed by atoms with Gasteiger partial charge in [-0.2, -0.15) is 0 Å². The van der Waals surface area contributed by atoms with E-state index in [-0.39, 0.29) is 24.9 Å². The molecular formula is C22H28F2N2O2. The molecule has 6 heteroatoms. The van der Waals surface area contributed by atoms with E-state index in [0.717, 1.165) is 42.3 Å². The Labute approximate surface area is 163 Å². The number of carboxylic acids is 1. The molecule has 2 aliphatic carbocycles. The van der Waals surface area contributed by atoms with Crippen molar-refractivity contribution in [2.24, 2.45) is 5.92 Å². The van der Waals surface area contributed by atoms with E-state index >= 15 is 0 Å². The summed E-state index contributed by atoms with van der Waals surface area (Å²) in [5.41, 5.74) is 2.17. The summed E-state index contributed by atoms with van der Waals surface area (Å²) < 4.78 is 28.3. The number of rotatable bonds is 5. The summed E-state index contributed by atoms with van der Waals surface area (Å²) >= 11 is 0. The molecule has 4 nitrogen and oxygen atoms in total. The molecule has 2 aliphatic rings. The number of aromatic nitrogens is 1. The van der Waals surface area contributed by atoms with Crippen LogP contribution in [0.2, 0.25) is 0 Å². The SMILES string of the molecule is Cc1c(C(=O)O)c2ccccc2n1C(C)C1CCC(NC2CC(F)(F)C2)CC1. The maximum atomic E-state index is 13.0. The van der Waals surface area contributed by atoms with Crippen LogP contribution in [0.5, 0.6) is 0 Å². The van der Waals surface area contributed by atoms with Gasteiger partial charge in [-0.3, -0.25) is 0 Å². The van der Waals surface area contributed by atoms with E-state index < -0.39 is 11.9 Å². The Balaban J connectivity index is 1.47. The summed E-state index contributed by atoms with van der Waals surface area (Å²) in [6, 6.07) is 8.19. The first-order valence-electron chi connectivity index (χ1n) is 10.2. The number of aromatic carboxylic acids is 1. The van der Waals surface area contributed by atoms with Crippen LogP contribution in [0, 0.1) is 12.8 Å². The Hall–Kier alpha value is -1.95. The van der Waals surface area contributed by atoms with Gasteiger partial charge in [-0.25, -0.2) is 13.6 Å². The Morgan fingerprint density at radius 1 is 1.18 bits per heavy atom. The summed E-state index contributed by atoms with van der Waals surface area (Å²) in [6.07, 6.45) is 3.96. The molecule has 2 aromatic rings. The van der Waals surface area contributed by atoms with Gasteiger partial charge < -0.3 is 15.0 Å². The second-order valence-corrected chi connectivity index (χ2v) is 8.63. The molecule has 2 N–H and O–H groups in total. The molecule has 0 radical (unpaired) electrons. The van der Waals surface area contributed by atoms with Crippen molar-refractivity contribution in [3.05, 3.63) is 35.5 Å². The van der Waals surface area contributed by atoms with Crippen molar-refractivity contribution in [1.82, 2.24) is 9.88 Å². The van der Waals surface area contributed by atoms with Gasteiger partial charge in [-0.15, -0.1) is 0 Å². The van der Waals surface area contributed by atoms with Crippen LogP contribution >= 0.6 is 0 Å². The number of benzene rings is 1. The first kappa shape index (κ1) is 19.4. The van der Waals surface area contributed by atoms with Crippen LogP contribution in [-0.4, -0.2) is 33.6 Å². The molecule has 28 heavy (non-hydrogen) atoms. The predicted octanol–water partition coefficient (Wildman–Crippen LogP) is 5.16. The second kappa shape index (κ2) is 7.14. The van der Waals surface area contributed by atoms with Crippen molar-refractivity contribution in [2.45, 2.75) is 76.4 Å². The zero-order valence-electron chi connectivity index (χ0n) is 16.4. The minimum absolute atomic E-state index is 0.0319. The lowest BCUT2D eigenvalue weighted by molar-refractivity contribution is -0.0957. The molecule has 2 fully saturated rings. The Morgan fingerprint density at radius 2 is 1.82 bits per heavy atom. The van der Waals surface area contributed by atoms with Gasteiger partial charge in [-0.05, 0) is 51.5 Å². The van der Waals surface area contributed by atoms with E-state index in [0.29, 0.717) is 17.5 Å². The zero-order chi connectivity index (χ0) is 20.1. The minimum Gasteiger partial charge on any atom is -0.478 e. The number of para-hydroxylation sites is 1. The highest BCUT2D eigenvalue weighted by molar-refractivity contribution is 6.05. The number of fused-ring (bicyclic) bond motifs is 1. The fourth-order valence-electron chi connectivity index (χ4n) is 5.28. The van der Waals surface area contributed by atoms with Gasteiger partial charge in [0.2, 0.25) is 0 Å². The third-order valence-corrected chi connectivity index (χ3v) is 6.79. The third kappa shape index (κ3) is 3.43. The van der Waals surface area contributed by atoms with E-state index in [1.807, 2.05) is 31.2 Å². The van der Waals surface area contributed by atoms with Crippen LogP contribution in [0.3, 0.4) is 0 Å². The maximum absolute atomic E-state index is 13.0. The molecule has 0 bridgehead atoms. The van der Waals surface area contributed by atoms with Crippen molar-refractivity contribution >= 4 is 16.9 Å². The van der Waals surface area contributed by atoms with Crippen molar-refractivity contribution in [1.29, 1.82) is 0 Å². The van der Waals surface area contributed by atoms with Crippen molar-refractivity contribution in [3.63, 3.8) is 0 Å². The lowest BCUT2D eigenvalue weighted by atomic mass is 9.80. The van der Waals surface area contributed by atoms with Crippen LogP contribution in [0.1, 0.15) is 67.5 Å². The largest absolute Gasteiger partial charge is 0.478 e. The number of halogens is 2. The summed E-state index contributed by atoms with van der Waals surface area (Å²) in [5, 5.41) is 13.9. The van der Waals surface area contributed by atoms with Crippen LogP contribution in [0.15, 0.2) is 24.3 Å². The molecule has 1 heterocycles. The van der Waals surface area contributed by atoms with Crippen molar-refractivity contribution in [3.8, 4) is 0 Å². The predicted molar refractivity (Wildman–Crippen MR) is 105 cm³/mol. The summed E-state index contributed by atoms with van der Waals surface area (Å²) in [6.45, 7) is 4.07. The number of carbonyl (C=O) groups is 1. The molecule has 1 aromatic heterocycles. The second-order valence-electron chi connectivity index (χ2n) is 8.63. The van der Waals surface area contributed by atoms with Crippen molar-refractivity contribution in [2.75, 3.05) is 0 Å². The van der Waals surface area contributed by atoms with E-state index in [2.05, 4.69) is 16.8 Å². The zero-order valence-corrected chi connectivity index (χ0v) is 16.4. The molecule has 2 saturated carbocycles. The highest BCUT2D eigenvalue weighted by atomic mass is 19.3. The summed E-state index contributed by atoms with van der Waals surface area (Å²) in [7, 11) is 0. The number of nitrogens with zero attached hydrogens (tertiary/aromatic N) is 1. The van der Waals surface area contributed by atoms with Gasteiger partial charge in [0.15, 0.2) is 0 Å². The molecule has 1 atom stereocenters. The molecular weight excluding hydrogens is 362 g/mol. The quantitative estimate of drug-likeness (QED) is 0.742. The molecule has 152 valence electrons. The highest BCUT2D eigenvalue weighted by Crippen LogP contribution is 2.40. The summed E-state index contributed by atoms with van der Waals surface area (Å²) in [5.74, 6) is -2.90. The average molecular weight is 390 g/mol. The number of nitrogens with one attached hydrogen (secondary N) is 1. The number of hydrogen-bond acceptors (Lipinski definition) is 2. The molecule has 1 aromatic carbocycles. The lowest BCUT2D eigenvalue weighted by Crippen LogP contribution is -2.52. The molecule has 4 rings (SSSR count). The topological polar surface area (TPSA) is 54.3 Å². The Kier molecular flexibility index (Phi) is 4.94. The standard InChI is InChI=1S/C22H28F2N2O2/c1-13(15-7-9-16(10-8-15)25-17-11-22(23,24)12-17)26-14(2)20(21(27)28)18-5-3-4-6-19(18)26/h3-6,13,15-17,25H,7-12H2,1-2H3,(H,27,28). The average Bonchev–Trinajstić information content (AvgIpc) is 2.92. The number of hydrogen-bond donors (Lipinski definition) is 2. The molecule has 0 spiro atoms. The molecule has 0 aliphatic heterocycles.